The van der Waals surface area contributed by atoms with E-state index in [1.807, 2.05) is 0 Å². The van der Waals surface area contributed by atoms with Gasteiger partial charge in [0.15, 0.2) is 5.96 Å². The molecule has 1 saturated heterocycles. The van der Waals surface area contributed by atoms with Gasteiger partial charge in [-0.15, -0.1) is 24.0 Å². The Balaban J connectivity index is 0.00000576. The van der Waals surface area contributed by atoms with Crippen molar-refractivity contribution < 1.29 is 4.74 Å². The third-order valence-electron chi connectivity index (χ3n) is 4.44. The average molecular weight is 469 g/mol. The van der Waals surface area contributed by atoms with E-state index in [-0.39, 0.29) is 24.0 Å². The molecule has 1 rings (SSSR count). The van der Waals surface area contributed by atoms with Crippen LogP contribution in [0.2, 0.25) is 0 Å². The molecule has 1 aliphatic heterocycles. The summed E-state index contributed by atoms with van der Waals surface area (Å²) in [4.78, 5) is 9.70. The number of likely N-dealkylation sites (N-methyl/N-ethyl adjacent to an activating group) is 1. The van der Waals surface area contributed by atoms with Crippen molar-refractivity contribution in [2.45, 2.75) is 40.2 Å². The van der Waals surface area contributed by atoms with Gasteiger partial charge in [0.1, 0.15) is 0 Å². The minimum atomic E-state index is 0. The SMILES string of the molecule is CCNC(=NCC(CC(C)C)N1CCOCC1)NCCN(C)CC.I. The molecule has 0 aromatic rings. The summed E-state index contributed by atoms with van der Waals surface area (Å²) >= 11 is 0. The van der Waals surface area contributed by atoms with Gasteiger partial charge < -0.3 is 20.3 Å². The standard InChI is InChI=1S/C18H39N5O.HI/c1-6-19-18(20-8-9-22(5)7-2)21-15-17(14-16(3)4)23-10-12-24-13-11-23;/h16-17H,6-15H2,1-5H3,(H2,19,20,21);1H. The van der Waals surface area contributed by atoms with Crippen LogP contribution >= 0.6 is 24.0 Å². The fourth-order valence-corrected chi connectivity index (χ4v) is 2.89. The summed E-state index contributed by atoms with van der Waals surface area (Å²) < 4.78 is 5.50. The van der Waals surface area contributed by atoms with E-state index in [4.69, 9.17) is 9.73 Å². The number of ether oxygens (including phenoxy) is 1. The lowest BCUT2D eigenvalue weighted by atomic mass is 10.0. The van der Waals surface area contributed by atoms with Crippen molar-refractivity contribution in [2.75, 3.05) is 66.1 Å². The van der Waals surface area contributed by atoms with Crippen LogP contribution in [0.4, 0.5) is 0 Å². The molecule has 25 heavy (non-hydrogen) atoms. The highest BCUT2D eigenvalue weighted by atomic mass is 127. The zero-order valence-electron chi connectivity index (χ0n) is 16.9. The minimum absolute atomic E-state index is 0. The zero-order chi connectivity index (χ0) is 17.8. The molecule has 2 N–H and O–H groups in total. The van der Waals surface area contributed by atoms with Gasteiger partial charge in [0.05, 0.1) is 19.8 Å². The molecule has 0 aromatic carbocycles. The maximum absolute atomic E-state index is 5.50. The summed E-state index contributed by atoms with van der Waals surface area (Å²) in [5, 5.41) is 6.81. The number of hydrogen-bond donors (Lipinski definition) is 2. The molecular weight excluding hydrogens is 429 g/mol. The summed E-state index contributed by atoms with van der Waals surface area (Å²) in [6.07, 6.45) is 1.18. The van der Waals surface area contributed by atoms with E-state index in [0.29, 0.717) is 12.0 Å². The van der Waals surface area contributed by atoms with Gasteiger partial charge in [-0.1, -0.05) is 20.8 Å². The molecule has 0 aromatic heterocycles. The Labute approximate surface area is 172 Å². The van der Waals surface area contributed by atoms with Crippen molar-refractivity contribution in [1.82, 2.24) is 20.4 Å². The van der Waals surface area contributed by atoms with Crippen LogP contribution in [-0.2, 0) is 4.74 Å². The lowest BCUT2D eigenvalue weighted by Gasteiger charge is -2.34. The maximum atomic E-state index is 5.50. The third kappa shape index (κ3) is 11.2. The van der Waals surface area contributed by atoms with Crippen LogP contribution in [0.15, 0.2) is 4.99 Å². The number of nitrogens with zero attached hydrogens (tertiary/aromatic N) is 3. The molecule has 0 bridgehead atoms. The Morgan fingerprint density at radius 2 is 1.88 bits per heavy atom. The minimum Gasteiger partial charge on any atom is -0.379 e. The number of guanidine groups is 1. The number of nitrogens with one attached hydrogen (secondary N) is 2. The molecule has 1 fully saturated rings. The van der Waals surface area contributed by atoms with E-state index >= 15 is 0 Å². The first-order valence-corrected chi connectivity index (χ1v) is 9.59. The second-order valence-corrected chi connectivity index (χ2v) is 6.97. The van der Waals surface area contributed by atoms with E-state index in [1.165, 1.54) is 6.42 Å². The van der Waals surface area contributed by atoms with Crippen LogP contribution in [-0.4, -0.2) is 87.9 Å². The van der Waals surface area contributed by atoms with Gasteiger partial charge in [0.2, 0.25) is 0 Å². The van der Waals surface area contributed by atoms with Gasteiger partial charge in [0.25, 0.3) is 0 Å². The molecule has 1 unspecified atom stereocenters. The van der Waals surface area contributed by atoms with Crippen molar-refractivity contribution >= 4 is 29.9 Å². The Morgan fingerprint density at radius 3 is 2.44 bits per heavy atom. The molecule has 0 amide bonds. The molecule has 0 radical (unpaired) electrons. The van der Waals surface area contributed by atoms with Crippen LogP contribution in [0.25, 0.3) is 0 Å². The molecule has 0 spiro atoms. The predicted molar refractivity (Wildman–Crippen MR) is 118 cm³/mol. The highest BCUT2D eigenvalue weighted by Crippen LogP contribution is 2.14. The zero-order valence-corrected chi connectivity index (χ0v) is 19.2. The molecule has 7 heteroatoms. The maximum Gasteiger partial charge on any atom is 0.191 e. The van der Waals surface area contributed by atoms with Gasteiger partial charge in [0, 0.05) is 38.8 Å². The summed E-state index contributed by atoms with van der Waals surface area (Å²) in [6, 6.07) is 0.502. The van der Waals surface area contributed by atoms with Crippen molar-refractivity contribution in [3.05, 3.63) is 0 Å². The number of halogens is 1. The molecule has 6 nitrogen and oxygen atoms in total. The molecular formula is C18H40IN5O. The Bertz CT molecular complexity index is 348. The number of hydrogen-bond acceptors (Lipinski definition) is 4. The quantitative estimate of drug-likeness (QED) is 0.291. The molecule has 0 saturated carbocycles. The second kappa shape index (κ2) is 15.0. The van der Waals surface area contributed by atoms with Crippen molar-refractivity contribution in [2.24, 2.45) is 10.9 Å². The summed E-state index contributed by atoms with van der Waals surface area (Å²) in [5.74, 6) is 1.62. The Kier molecular flexibility index (Phi) is 14.9. The van der Waals surface area contributed by atoms with Crippen LogP contribution in [0, 0.1) is 5.92 Å². The highest BCUT2D eigenvalue weighted by Gasteiger charge is 2.21. The molecule has 1 aliphatic rings. The first-order chi connectivity index (χ1) is 11.6. The highest BCUT2D eigenvalue weighted by molar-refractivity contribution is 14.0. The van der Waals surface area contributed by atoms with Crippen molar-refractivity contribution in [1.29, 1.82) is 0 Å². The fourth-order valence-electron chi connectivity index (χ4n) is 2.89. The van der Waals surface area contributed by atoms with Crippen LogP contribution < -0.4 is 10.6 Å². The normalized spacial score (nSPS) is 17.5. The molecule has 1 atom stereocenters. The van der Waals surface area contributed by atoms with Gasteiger partial charge in [-0.05, 0) is 32.9 Å². The predicted octanol–water partition coefficient (Wildman–Crippen LogP) is 1.86. The topological polar surface area (TPSA) is 52.1 Å². The van der Waals surface area contributed by atoms with Gasteiger partial charge in [-0.25, -0.2) is 0 Å². The first kappa shape index (κ1) is 24.9. The van der Waals surface area contributed by atoms with Crippen LogP contribution in [0.1, 0.15) is 34.1 Å². The third-order valence-corrected chi connectivity index (χ3v) is 4.44. The van der Waals surface area contributed by atoms with E-state index in [0.717, 1.165) is 65.0 Å². The molecule has 1 heterocycles. The Hall–Kier alpha value is -0.120. The first-order valence-electron chi connectivity index (χ1n) is 9.59. The number of morpholine rings is 1. The Morgan fingerprint density at radius 1 is 1.20 bits per heavy atom. The van der Waals surface area contributed by atoms with Gasteiger partial charge >= 0.3 is 0 Å². The molecule has 0 aliphatic carbocycles. The van der Waals surface area contributed by atoms with Crippen molar-refractivity contribution in [3.63, 3.8) is 0 Å². The fraction of sp³-hybridized carbons (Fsp3) is 0.944. The largest absolute Gasteiger partial charge is 0.379 e. The summed E-state index contributed by atoms with van der Waals surface area (Å²) in [7, 11) is 2.14. The van der Waals surface area contributed by atoms with Gasteiger partial charge in [-0.2, -0.15) is 0 Å². The average Bonchev–Trinajstić information content (AvgIpc) is 2.58. The summed E-state index contributed by atoms with van der Waals surface area (Å²) in [5.41, 5.74) is 0. The van der Waals surface area contributed by atoms with Crippen LogP contribution in [0.3, 0.4) is 0 Å². The number of aliphatic imine (C=N–C) groups is 1. The summed E-state index contributed by atoms with van der Waals surface area (Å²) in [6.45, 7) is 17.4. The lowest BCUT2D eigenvalue weighted by molar-refractivity contribution is 0.0143. The smallest absolute Gasteiger partial charge is 0.191 e. The monoisotopic (exact) mass is 469 g/mol. The van der Waals surface area contributed by atoms with E-state index in [2.05, 4.69) is 55.2 Å². The lowest BCUT2D eigenvalue weighted by Crippen LogP contribution is -2.46. The van der Waals surface area contributed by atoms with E-state index in [9.17, 15) is 0 Å². The number of rotatable bonds is 10. The van der Waals surface area contributed by atoms with Crippen molar-refractivity contribution in [3.8, 4) is 0 Å². The van der Waals surface area contributed by atoms with Crippen LogP contribution in [0.5, 0.6) is 0 Å². The molecule has 150 valence electrons. The second-order valence-electron chi connectivity index (χ2n) is 6.97. The van der Waals surface area contributed by atoms with Gasteiger partial charge in [-0.3, -0.25) is 9.89 Å². The van der Waals surface area contributed by atoms with E-state index in [1.54, 1.807) is 0 Å². The van der Waals surface area contributed by atoms with E-state index < -0.39 is 0 Å².